The van der Waals surface area contributed by atoms with E-state index in [1.807, 2.05) is 12.1 Å². The Balaban J connectivity index is 1.36. The van der Waals surface area contributed by atoms with Crippen LogP contribution in [0.3, 0.4) is 0 Å². The van der Waals surface area contributed by atoms with Gasteiger partial charge in [0.15, 0.2) is 0 Å². The van der Waals surface area contributed by atoms with Crippen LogP contribution in [0.2, 0.25) is 0 Å². The number of hydrogen-bond donors (Lipinski definition) is 1. The molecule has 2 fully saturated rings. The van der Waals surface area contributed by atoms with Crippen molar-refractivity contribution in [1.29, 1.82) is 0 Å². The van der Waals surface area contributed by atoms with Gasteiger partial charge in [-0.25, -0.2) is 13.3 Å². The summed E-state index contributed by atoms with van der Waals surface area (Å²) in [5.41, 5.74) is 2.23. The molecule has 190 valence electrons. The Kier molecular flexibility index (Phi) is 6.89. The minimum absolute atomic E-state index is 0.113. The maximum absolute atomic E-state index is 14.5. The van der Waals surface area contributed by atoms with E-state index in [9.17, 15) is 18.4 Å². The molecule has 1 saturated carbocycles. The molecule has 1 saturated heterocycles. The van der Waals surface area contributed by atoms with E-state index in [1.165, 1.54) is 18.3 Å². The number of carbonyl (C=O) groups excluding carboxylic acids is 2. The van der Waals surface area contributed by atoms with Crippen LogP contribution in [0.25, 0.3) is 5.52 Å². The second-order valence-corrected chi connectivity index (χ2v) is 9.58. The van der Waals surface area contributed by atoms with Crippen molar-refractivity contribution in [1.82, 2.24) is 14.9 Å². The molecule has 3 atom stereocenters. The van der Waals surface area contributed by atoms with E-state index in [-0.39, 0.29) is 29.9 Å². The molecule has 1 aliphatic heterocycles. The minimum atomic E-state index is -0.462. The summed E-state index contributed by atoms with van der Waals surface area (Å²) in [6.07, 6.45) is 7.85. The molecule has 7 nitrogen and oxygen atoms in total. The van der Waals surface area contributed by atoms with Crippen molar-refractivity contribution in [2.24, 2.45) is 5.92 Å². The summed E-state index contributed by atoms with van der Waals surface area (Å²) in [6.45, 7) is 2.84. The molecular weight excluding hydrogens is 466 g/mol. The van der Waals surface area contributed by atoms with Crippen molar-refractivity contribution in [3.05, 3.63) is 65.5 Å². The van der Waals surface area contributed by atoms with Crippen molar-refractivity contribution in [3.8, 4) is 0 Å². The quantitative estimate of drug-likeness (QED) is 0.496. The number of pyridine rings is 1. The number of nitrogens with one attached hydrogen (secondary N) is 1. The van der Waals surface area contributed by atoms with Crippen molar-refractivity contribution in [3.63, 3.8) is 0 Å². The molecule has 1 aliphatic carbocycles. The number of hydrogen-bond acceptors (Lipinski definition) is 5. The van der Waals surface area contributed by atoms with E-state index in [0.717, 1.165) is 37.4 Å². The SMILES string of the molecule is CCOC(=O)C1CCCC(NC(=O)c2cnn3ccc(N4CCC[C@@H]4c4cc(F)ccc4F)cc23)C1. The third kappa shape index (κ3) is 4.79. The fourth-order valence-corrected chi connectivity index (χ4v) is 5.55. The van der Waals surface area contributed by atoms with E-state index in [0.29, 0.717) is 42.6 Å². The summed E-state index contributed by atoms with van der Waals surface area (Å²) in [6, 6.07) is 6.91. The highest BCUT2D eigenvalue weighted by molar-refractivity contribution is 6.01. The predicted molar refractivity (Wildman–Crippen MR) is 131 cm³/mol. The topological polar surface area (TPSA) is 75.9 Å². The number of rotatable bonds is 6. The molecule has 0 spiro atoms. The first kappa shape index (κ1) is 24.2. The summed E-state index contributed by atoms with van der Waals surface area (Å²) >= 11 is 0. The van der Waals surface area contributed by atoms with Crippen LogP contribution in [0.15, 0.2) is 42.7 Å². The van der Waals surface area contributed by atoms with Crippen molar-refractivity contribution < 1.29 is 23.1 Å². The van der Waals surface area contributed by atoms with E-state index in [4.69, 9.17) is 4.74 Å². The number of esters is 1. The molecule has 0 radical (unpaired) electrons. The van der Waals surface area contributed by atoms with E-state index >= 15 is 0 Å². The molecule has 3 heterocycles. The number of fused-ring (bicyclic) bond motifs is 1. The number of ether oxygens (including phenoxy) is 1. The Morgan fingerprint density at radius 1 is 1.14 bits per heavy atom. The molecule has 0 bridgehead atoms. The lowest BCUT2D eigenvalue weighted by Crippen LogP contribution is -2.40. The Hall–Kier alpha value is -3.49. The largest absolute Gasteiger partial charge is 0.466 e. The summed E-state index contributed by atoms with van der Waals surface area (Å²) in [5.74, 6) is -1.53. The number of amides is 1. The molecule has 9 heteroatoms. The van der Waals surface area contributed by atoms with Gasteiger partial charge in [-0.15, -0.1) is 0 Å². The third-order valence-corrected chi connectivity index (χ3v) is 7.28. The molecule has 2 aromatic heterocycles. The Bertz CT molecular complexity index is 1280. The average molecular weight is 497 g/mol. The normalized spacial score (nSPS) is 22.1. The van der Waals surface area contributed by atoms with Gasteiger partial charge in [-0.3, -0.25) is 9.59 Å². The zero-order chi connectivity index (χ0) is 25.2. The van der Waals surface area contributed by atoms with Gasteiger partial charge in [-0.1, -0.05) is 6.42 Å². The Morgan fingerprint density at radius 2 is 2.00 bits per heavy atom. The lowest BCUT2D eigenvalue weighted by Gasteiger charge is -2.28. The molecule has 2 aliphatic rings. The van der Waals surface area contributed by atoms with E-state index in [1.54, 1.807) is 17.6 Å². The fourth-order valence-electron chi connectivity index (χ4n) is 5.55. The van der Waals surface area contributed by atoms with Crippen molar-refractivity contribution in [2.75, 3.05) is 18.1 Å². The van der Waals surface area contributed by atoms with Gasteiger partial charge in [-0.05, 0) is 69.4 Å². The van der Waals surface area contributed by atoms with Crippen LogP contribution >= 0.6 is 0 Å². The molecule has 2 unspecified atom stereocenters. The zero-order valence-electron chi connectivity index (χ0n) is 20.3. The van der Waals surface area contributed by atoms with E-state index in [2.05, 4.69) is 15.3 Å². The zero-order valence-corrected chi connectivity index (χ0v) is 20.3. The summed E-state index contributed by atoms with van der Waals surface area (Å²) in [7, 11) is 0. The minimum Gasteiger partial charge on any atom is -0.466 e. The summed E-state index contributed by atoms with van der Waals surface area (Å²) in [4.78, 5) is 27.4. The Labute approximate surface area is 208 Å². The van der Waals surface area contributed by atoms with Gasteiger partial charge in [0.2, 0.25) is 0 Å². The maximum atomic E-state index is 14.5. The highest BCUT2D eigenvalue weighted by Gasteiger charge is 2.31. The van der Waals surface area contributed by atoms with Crippen LogP contribution in [-0.4, -0.2) is 40.7 Å². The highest BCUT2D eigenvalue weighted by atomic mass is 19.1. The monoisotopic (exact) mass is 496 g/mol. The van der Waals surface area contributed by atoms with Gasteiger partial charge in [0.05, 0.1) is 35.8 Å². The second kappa shape index (κ2) is 10.2. The first-order valence-corrected chi connectivity index (χ1v) is 12.6. The average Bonchev–Trinajstić information content (AvgIpc) is 3.53. The van der Waals surface area contributed by atoms with Crippen LogP contribution in [-0.2, 0) is 9.53 Å². The molecule has 3 aromatic rings. The number of anilines is 1. The van der Waals surface area contributed by atoms with Gasteiger partial charge in [0.1, 0.15) is 11.6 Å². The number of halogens is 2. The highest BCUT2D eigenvalue weighted by Crippen LogP contribution is 2.38. The number of nitrogens with zero attached hydrogens (tertiary/aromatic N) is 3. The van der Waals surface area contributed by atoms with Gasteiger partial charge in [0.25, 0.3) is 5.91 Å². The number of aromatic nitrogens is 2. The van der Waals surface area contributed by atoms with Gasteiger partial charge in [-0.2, -0.15) is 5.10 Å². The number of benzene rings is 1. The van der Waals surface area contributed by atoms with Crippen molar-refractivity contribution in [2.45, 2.75) is 57.5 Å². The standard InChI is InChI=1S/C27H30F2N4O3/c1-2-36-27(35)17-5-3-6-19(13-17)31-26(34)22-16-30-33-12-10-20(15-25(22)33)32-11-4-7-24(32)21-14-18(28)8-9-23(21)29/h8-10,12,14-17,19,24H,2-7,11,13H2,1H3,(H,31,34)/t17?,19?,24-/m1/s1. The molecule has 36 heavy (non-hydrogen) atoms. The van der Waals surface area contributed by atoms with E-state index < -0.39 is 11.6 Å². The Morgan fingerprint density at radius 3 is 2.83 bits per heavy atom. The van der Waals surface area contributed by atoms with Crippen LogP contribution in [0, 0.1) is 17.6 Å². The fraction of sp³-hybridized carbons (Fsp3) is 0.444. The third-order valence-electron chi connectivity index (χ3n) is 7.28. The van der Waals surface area contributed by atoms with Crippen LogP contribution in [0.4, 0.5) is 14.5 Å². The molecule has 1 aromatic carbocycles. The van der Waals surface area contributed by atoms with Gasteiger partial charge >= 0.3 is 5.97 Å². The first-order valence-electron chi connectivity index (χ1n) is 12.6. The molecular formula is C27H30F2N4O3. The van der Waals surface area contributed by atoms with Crippen LogP contribution < -0.4 is 10.2 Å². The lowest BCUT2D eigenvalue weighted by molar-refractivity contribution is -0.149. The van der Waals surface area contributed by atoms with Crippen LogP contribution in [0.5, 0.6) is 0 Å². The summed E-state index contributed by atoms with van der Waals surface area (Å²) < 4.78 is 35.2. The molecule has 1 N–H and O–H groups in total. The van der Waals surface area contributed by atoms with Crippen molar-refractivity contribution >= 4 is 23.1 Å². The molecule has 1 amide bonds. The smallest absolute Gasteiger partial charge is 0.308 e. The number of carbonyl (C=O) groups is 2. The summed E-state index contributed by atoms with van der Waals surface area (Å²) in [5, 5.41) is 7.40. The second-order valence-electron chi connectivity index (χ2n) is 9.58. The lowest BCUT2D eigenvalue weighted by atomic mass is 9.85. The first-order chi connectivity index (χ1) is 17.4. The molecule has 5 rings (SSSR count). The van der Waals surface area contributed by atoms with Gasteiger partial charge in [0, 0.05) is 30.0 Å². The maximum Gasteiger partial charge on any atom is 0.308 e. The van der Waals surface area contributed by atoms with Gasteiger partial charge < -0.3 is 15.0 Å². The predicted octanol–water partition coefficient (Wildman–Crippen LogP) is 4.81. The van der Waals surface area contributed by atoms with Crippen LogP contribution in [0.1, 0.15) is 67.4 Å².